The third-order valence-electron chi connectivity index (χ3n) is 2.22. The van der Waals surface area contributed by atoms with Crippen LogP contribution in [0.1, 0.15) is 0 Å². The van der Waals surface area contributed by atoms with E-state index in [0.717, 1.165) is 0 Å². The van der Waals surface area contributed by atoms with Gasteiger partial charge in [0, 0.05) is 23.9 Å². The SMILES string of the molecule is C=Cn1ccnc1P(=O)(O)c1ccccc1. The van der Waals surface area contributed by atoms with Gasteiger partial charge in [0.25, 0.3) is 7.37 Å². The minimum atomic E-state index is -3.62. The summed E-state index contributed by atoms with van der Waals surface area (Å²) in [4.78, 5) is 14.0. The molecule has 2 rings (SSSR count). The Morgan fingerprint density at radius 3 is 2.69 bits per heavy atom. The number of hydrogen-bond donors (Lipinski definition) is 1. The third kappa shape index (κ3) is 1.73. The fourth-order valence-electron chi connectivity index (χ4n) is 1.43. The van der Waals surface area contributed by atoms with Gasteiger partial charge in [0.1, 0.15) is 0 Å². The monoisotopic (exact) mass is 234 g/mol. The Morgan fingerprint density at radius 2 is 2.06 bits per heavy atom. The molecule has 5 heteroatoms. The standard InChI is InChI=1S/C11H11N2O2P/c1-2-13-9-8-12-11(13)16(14,15)10-6-4-3-5-7-10/h2-9H,1H2,(H,14,15). The van der Waals surface area contributed by atoms with Gasteiger partial charge in [-0.15, -0.1) is 0 Å². The second kappa shape index (κ2) is 4.08. The number of nitrogens with zero attached hydrogens (tertiary/aromatic N) is 2. The summed E-state index contributed by atoms with van der Waals surface area (Å²) in [5, 5.41) is 0.365. The maximum Gasteiger partial charge on any atom is 0.293 e. The van der Waals surface area contributed by atoms with Gasteiger partial charge in [-0.05, 0) is 12.1 Å². The molecule has 0 saturated heterocycles. The van der Waals surface area contributed by atoms with Gasteiger partial charge in [-0.25, -0.2) is 4.98 Å². The van der Waals surface area contributed by atoms with Crippen molar-refractivity contribution in [1.82, 2.24) is 9.55 Å². The summed E-state index contributed by atoms with van der Waals surface area (Å²) in [6, 6.07) is 8.47. The Balaban J connectivity index is 2.56. The lowest BCUT2D eigenvalue weighted by Gasteiger charge is -2.11. The van der Waals surface area contributed by atoms with Gasteiger partial charge in [0.05, 0.1) is 0 Å². The molecule has 82 valence electrons. The second-order valence-electron chi connectivity index (χ2n) is 3.23. The molecule has 0 fully saturated rings. The zero-order chi connectivity index (χ0) is 11.6. The van der Waals surface area contributed by atoms with Crippen molar-refractivity contribution in [2.45, 2.75) is 0 Å². The quantitative estimate of drug-likeness (QED) is 0.812. The normalized spacial score (nSPS) is 14.3. The number of benzene rings is 1. The van der Waals surface area contributed by atoms with Crippen molar-refractivity contribution in [1.29, 1.82) is 0 Å². The van der Waals surface area contributed by atoms with Crippen molar-refractivity contribution in [3.05, 3.63) is 49.3 Å². The van der Waals surface area contributed by atoms with Gasteiger partial charge in [-0.3, -0.25) is 4.57 Å². The highest BCUT2D eigenvalue weighted by molar-refractivity contribution is 7.73. The highest BCUT2D eigenvalue weighted by atomic mass is 31.2. The van der Waals surface area contributed by atoms with E-state index >= 15 is 0 Å². The van der Waals surface area contributed by atoms with Crippen molar-refractivity contribution in [3.8, 4) is 0 Å². The van der Waals surface area contributed by atoms with E-state index in [9.17, 15) is 9.46 Å². The third-order valence-corrected chi connectivity index (χ3v) is 4.11. The van der Waals surface area contributed by atoms with Crippen LogP contribution in [-0.2, 0) is 4.57 Å². The molecule has 0 radical (unpaired) electrons. The van der Waals surface area contributed by atoms with Crippen molar-refractivity contribution >= 4 is 24.4 Å². The van der Waals surface area contributed by atoms with Crippen LogP contribution < -0.4 is 10.9 Å². The molecule has 1 heterocycles. The highest BCUT2D eigenvalue weighted by Crippen LogP contribution is 2.36. The van der Waals surface area contributed by atoms with Crippen molar-refractivity contribution < 1.29 is 9.46 Å². The fourth-order valence-corrected chi connectivity index (χ4v) is 2.92. The first-order valence-corrected chi connectivity index (χ1v) is 6.36. The summed E-state index contributed by atoms with van der Waals surface area (Å²) in [6.07, 6.45) is 4.52. The second-order valence-corrected chi connectivity index (χ2v) is 5.30. The van der Waals surface area contributed by atoms with Crippen LogP contribution in [0.2, 0.25) is 0 Å². The Morgan fingerprint density at radius 1 is 1.38 bits per heavy atom. The molecule has 0 spiro atoms. The summed E-state index contributed by atoms with van der Waals surface area (Å²) in [6.45, 7) is 3.56. The van der Waals surface area contributed by atoms with Crippen molar-refractivity contribution in [2.24, 2.45) is 0 Å². The van der Waals surface area contributed by atoms with E-state index in [1.165, 1.54) is 17.0 Å². The van der Waals surface area contributed by atoms with Crippen molar-refractivity contribution in [3.63, 3.8) is 0 Å². The zero-order valence-electron chi connectivity index (χ0n) is 8.52. The molecule has 0 bridgehead atoms. The number of hydrogen-bond acceptors (Lipinski definition) is 2. The molecule has 4 nitrogen and oxygen atoms in total. The molecule has 0 aliphatic rings. The lowest BCUT2D eigenvalue weighted by molar-refractivity contribution is 0.498. The first-order chi connectivity index (χ1) is 7.66. The van der Waals surface area contributed by atoms with Crippen LogP contribution in [0.3, 0.4) is 0 Å². The molecular formula is C11H11N2O2P. The van der Waals surface area contributed by atoms with Gasteiger partial charge in [0.15, 0.2) is 0 Å². The van der Waals surface area contributed by atoms with Gasteiger partial charge in [-0.1, -0.05) is 24.8 Å². The van der Waals surface area contributed by atoms with E-state index in [1.54, 1.807) is 36.5 Å². The Labute approximate surface area is 93.3 Å². The Hall–Kier alpha value is -1.64. The van der Waals surface area contributed by atoms with Crippen LogP contribution in [0.4, 0.5) is 0 Å². The lowest BCUT2D eigenvalue weighted by Crippen LogP contribution is -2.22. The van der Waals surface area contributed by atoms with Crippen LogP contribution in [-0.4, -0.2) is 14.4 Å². The molecule has 2 aromatic rings. The van der Waals surface area contributed by atoms with E-state index < -0.39 is 7.37 Å². The summed E-state index contributed by atoms with van der Waals surface area (Å²) < 4.78 is 13.7. The fraction of sp³-hybridized carbons (Fsp3) is 0. The molecule has 1 unspecified atom stereocenters. The minimum absolute atomic E-state index is 0.119. The van der Waals surface area contributed by atoms with Crippen LogP contribution in [0, 0.1) is 0 Å². The Kier molecular flexibility index (Phi) is 2.77. The molecule has 1 aromatic heterocycles. The molecule has 0 saturated carbocycles. The highest BCUT2D eigenvalue weighted by Gasteiger charge is 2.28. The summed E-state index contributed by atoms with van der Waals surface area (Å²) in [5.41, 5.74) is 0.119. The van der Waals surface area contributed by atoms with Crippen LogP contribution in [0.25, 0.3) is 6.20 Å². The lowest BCUT2D eigenvalue weighted by atomic mass is 10.4. The molecular weight excluding hydrogens is 223 g/mol. The average molecular weight is 234 g/mol. The van der Waals surface area contributed by atoms with Crippen LogP contribution in [0.5, 0.6) is 0 Å². The van der Waals surface area contributed by atoms with Gasteiger partial charge in [-0.2, -0.15) is 0 Å². The molecule has 16 heavy (non-hydrogen) atoms. The predicted octanol–water partition coefficient (Wildman–Crippen LogP) is 1.20. The zero-order valence-corrected chi connectivity index (χ0v) is 9.42. The molecule has 1 aromatic carbocycles. The largest absolute Gasteiger partial charge is 0.336 e. The summed E-state index contributed by atoms with van der Waals surface area (Å²) in [5.74, 6) is 0. The van der Waals surface area contributed by atoms with E-state index in [2.05, 4.69) is 11.6 Å². The maximum atomic E-state index is 12.3. The predicted molar refractivity (Wildman–Crippen MR) is 64.1 cm³/mol. The van der Waals surface area contributed by atoms with Gasteiger partial charge < -0.3 is 9.46 Å². The van der Waals surface area contributed by atoms with Gasteiger partial charge >= 0.3 is 0 Å². The van der Waals surface area contributed by atoms with Crippen LogP contribution in [0.15, 0.2) is 49.3 Å². The average Bonchev–Trinajstić information content (AvgIpc) is 2.79. The van der Waals surface area contributed by atoms with E-state index in [4.69, 9.17) is 0 Å². The van der Waals surface area contributed by atoms with E-state index in [0.29, 0.717) is 5.30 Å². The topological polar surface area (TPSA) is 55.1 Å². The van der Waals surface area contributed by atoms with E-state index in [1.807, 2.05) is 0 Å². The minimum Gasteiger partial charge on any atom is -0.336 e. The molecule has 1 atom stereocenters. The number of rotatable bonds is 3. The maximum absolute atomic E-state index is 12.3. The first-order valence-electron chi connectivity index (χ1n) is 4.70. The molecule has 0 aliphatic carbocycles. The smallest absolute Gasteiger partial charge is 0.293 e. The summed E-state index contributed by atoms with van der Waals surface area (Å²) in [7, 11) is -3.62. The molecule has 0 amide bonds. The first kappa shape index (κ1) is 10.9. The van der Waals surface area contributed by atoms with Crippen molar-refractivity contribution in [2.75, 3.05) is 0 Å². The Bertz CT molecular complexity index is 548. The number of aromatic nitrogens is 2. The molecule has 0 aliphatic heterocycles. The van der Waals surface area contributed by atoms with Gasteiger partial charge in [0.2, 0.25) is 5.57 Å². The van der Waals surface area contributed by atoms with Crippen LogP contribution >= 0.6 is 7.37 Å². The van der Waals surface area contributed by atoms with E-state index in [-0.39, 0.29) is 5.57 Å². The summed E-state index contributed by atoms with van der Waals surface area (Å²) >= 11 is 0. The number of imidazole rings is 1. The molecule has 1 N–H and O–H groups in total.